The van der Waals surface area contributed by atoms with Crippen molar-refractivity contribution in [3.63, 3.8) is 0 Å². The number of nitro benzene ring substituents is 1. The second-order valence-corrected chi connectivity index (χ2v) is 5.21. The predicted octanol–water partition coefficient (Wildman–Crippen LogP) is 2.30. The molecule has 0 radical (unpaired) electrons. The standard InChI is InChI=1S/C17H12N2O5/c20-15(11-4-2-1-3-5-11)13-14(18-17(22)16(13)21)10-6-8-12(9-7-10)19(23)24/h1-9,14,20H,(H,18,22)/b15-13+/t14-/m1/s1. The van der Waals surface area contributed by atoms with Gasteiger partial charge in [0.25, 0.3) is 17.4 Å². The van der Waals surface area contributed by atoms with E-state index in [-0.39, 0.29) is 17.0 Å². The van der Waals surface area contributed by atoms with E-state index in [4.69, 9.17) is 0 Å². The van der Waals surface area contributed by atoms with E-state index >= 15 is 0 Å². The van der Waals surface area contributed by atoms with Gasteiger partial charge < -0.3 is 10.4 Å². The molecule has 0 unspecified atom stereocenters. The summed E-state index contributed by atoms with van der Waals surface area (Å²) in [5.41, 5.74) is 0.703. The molecular formula is C17H12N2O5. The van der Waals surface area contributed by atoms with Crippen molar-refractivity contribution in [3.8, 4) is 0 Å². The van der Waals surface area contributed by atoms with Crippen LogP contribution in [0.5, 0.6) is 0 Å². The van der Waals surface area contributed by atoms with Gasteiger partial charge in [-0.2, -0.15) is 0 Å². The molecule has 1 heterocycles. The average molecular weight is 324 g/mol. The lowest BCUT2D eigenvalue weighted by Gasteiger charge is -2.13. The molecule has 2 aromatic carbocycles. The number of nitrogens with zero attached hydrogens (tertiary/aromatic N) is 1. The van der Waals surface area contributed by atoms with E-state index in [0.717, 1.165) is 0 Å². The number of benzene rings is 2. The number of nitro groups is 1. The van der Waals surface area contributed by atoms with Crippen LogP contribution >= 0.6 is 0 Å². The summed E-state index contributed by atoms with van der Waals surface area (Å²) in [4.78, 5) is 34.1. The Kier molecular flexibility index (Phi) is 3.83. The fourth-order valence-electron chi connectivity index (χ4n) is 2.56. The monoisotopic (exact) mass is 324 g/mol. The first-order valence-corrected chi connectivity index (χ1v) is 7.07. The third kappa shape index (κ3) is 2.63. The SMILES string of the molecule is O=C1N[C@H](c2ccc([N+](=O)[O-])cc2)/C(=C(\O)c2ccccc2)C1=O. The first kappa shape index (κ1) is 15.4. The molecule has 0 bridgehead atoms. The fraction of sp³-hybridized carbons (Fsp3) is 0.0588. The van der Waals surface area contributed by atoms with Crippen LogP contribution in [0.3, 0.4) is 0 Å². The zero-order valence-electron chi connectivity index (χ0n) is 12.3. The van der Waals surface area contributed by atoms with Crippen LogP contribution in [-0.4, -0.2) is 21.7 Å². The highest BCUT2D eigenvalue weighted by molar-refractivity contribution is 6.46. The summed E-state index contributed by atoms with van der Waals surface area (Å²) in [6.07, 6.45) is 0. The summed E-state index contributed by atoms with van der Waals surface area (Å²) in [7, 11) is 0. The summed E-state index contributed by atoms with van der Waals surface area (Å²) in [5.74, 6) is -1.93. The molecule has 0 aromatic heterocycles. The van der Waals surface area contributed by atoms with Crippen LogP contribution in [0.2, 0.25) is 0 Å². The number of rotatable bonds is 3. The highest BCUT2D eigenvalue weighted by Gasteiger charge is 2.39. The van der Waals surface area contributed by atoms with E-state index in [0.29, 0.717) is 11.1 Å². The van der Waals surface area contributed by atoms with Crippen molar-refractivity contribution < 1.29 is 19.6 Å². The molecular weight excluding hydrogens is 312 g/mol. The molecule has 1 fully saturated rings. The molecule has 0 saturated carbocycles. The van der Waals surface area contributed by atoms with Crippen molar-refractivity contribution >= 4 is 23.1 Å². The quantitative estimate of drug-likeness (QED) is 0.296. The molecule has 1 atom stereocenters. The molecule has 24 heavy (non-hydrogen) atoms. The molecule has 1 saturated heterocycles. The first-order valence-electron chi connectivity index (χ1n) is 7.07. The van der Waals surface area contributed by atoms with Crippen LogP contribution in [0, 0.1) is 10.1 Å². The molecule has 2 N–H and O–H groups in total. The minimum atomic E-state index is -0.856. The lowest BCUT2D eigenvalue weighted by molar-refractivity contribution is -0.384. The minimum absolute atomic E-state index is 0.0694. The molecule has 2 aromatic rings. The van der Waals surface area contributed by atoms with Crippen LogP contribution < -0.4 is 5.32 Å². The van der Waals surface area contributed by atoms with Crippen LogP contribution in [0.1, 0.15) is 17.2 Å². The lowest BCUT2D eigenvalue weighted by atomic mass is 9.96. The number of non-ortho nitro benzene ring substituents is 1. The number of nitrogens with one attached hydrogen (secondary N) is 1. The Hall–Kier alpha value is -3.48. The Morgan fingerprint density at radius 1 is 1.04 bits per heavy atom. The molecule has 7 heteroatoms. The molecule has 1 amide bonds. The van der Waals surface area contributed by atoms with Gasteiger partial charge in [0.1, 0.15) is 5.76 Å². The van der Waals surface area contributed by atoms with Crippen LogP contribution in [0.4, 0.5) is 5.69 Å². The fourth-order valence-corrected chi connectivity index (χ4v) is 2.56. The second kappa shape index (κ2) is 5.96. The van der Waals surface area contributed by atoms with E-state index in [1.165, 1.54) is 24.3 Å². The normalized spacial score (nSPS) is 19.1. The third-order valence-corrected chi connectivity index (χ3v) is 3.75. The highest BCUT2D eigenvalue weighted by Crippen LogP contribution is 2.33. The summed E-state index contributed by atoms with van der Waals surface area (Å²) in [6.45, 7) is 0. The van der Waals surface area contributed by atoms with Gasteiger partial charge in [-0.3, -0.25) is 19.7 Å². The van der Waals surface area contributed by atoms with Gasteiger partial charge in [-0.1, -0.05) is 30.3 Å². The van der Waals surface area contributed by atoms with Gasteiger partial charge in [-0.25, -0.2) is 0 Å². The zero-order chi connectivity index (χ0) is 17.3. The van der Waals surface area contributed by atoms with Gasteiger partial charge in [0, 0.05) is 17.7 Å². The van der Waals surface area contributed by atoms with Gasteiger partial charge in [0.15, 0.2) is 0 Å². The zero-order valence-corrected chi connectivity index (χ0v) is 12.3. The largest absolute Gasteiger partial charge is 0.507 e. The molecule has 7 nitrogen and oxygen atoms in total. The third-order valence-electron chi connectivity index (χ3n) is 3.75. The number of aliphatic hydroxyl groups is 1. The molecule has 1 aliphatic heterocycles. The number of ketones is 1. The smallest absolute Gasteiger partial charge is 0.293 e. The first-order chi connectivity index (χ1) is 11.5. The van der Waals surface area contributed by atoms with E-state index in [9.17, 15) is 24.8 Å². The minimum Gasteiger partial charge on any atom is -0.507 e. The average Bonchev–Trinajstić information content (AvgIpc) is 2.90. The van der Waals surface area contributed by atoms with Crippen LogP contribution in [-0.2, 0) is 9.59 Å². The van der Waals surface area contributed by atoms with Gasteiger partial charge >= 0.3 is 0 Å². The number of carbonyl (C=O) groups excluding carboxylic acids is 2. The summed E-state index contributed by atoms with van der Waals surface area (Å²) in [6, 6.07) is 13.0. The Morgan fingerprint density at radius 3 is 2.25 bits per heavy atom. The lowest BCUT2D eigenvalue weighted by Crippen LogP contribution is -2.21. The summed E-state index contributed by atoms with van der Waals surface area (Å²) in [5, 5.41) is 23.7. The van der Waals surface area contributed by atoms with Gasteiger partial charge in [-0.05, 0) is 17.7 Å². The van der Waals surface area contributed by atoms with Crippen molar-refractivity contribution in [2.75, 3.05) is 0 Å². The van der Waals surface area contributed by atoms with Gasteiger partial charge in [0.05, 0.1) is 16.5 Å². The van der Waals surface area contributed by atoms with E-state index in [2.05, 4.69) is 5.32 Å². The van der Waals surface area contributed by atoms with E-state index in [1.54, 1.807) is 30.3 Å². The molecule has 120 valence electrons. The Bertz CT molecular complexity index is 856. The van der Waals surface area contributed by atoms with Crippen LogP contribution in [0.25, 0.3) is 5.76 Å². The van der Waals surface area contributed by atoms with Crippen molar-refractivity contribution in [1.29, 1.82) is 0 Å². The number of Topliss-reactive ketones (excluding diaryl/α,β-unsaturated/α-hetero) is 1. The van der Waals surface area contributed by atoms with Crippen molar-refractivity contribution in [2.24, 2.45) is 0 Å². The number of hydrogen-bond donors (Lipinski definition) is 2. The molecule has 0 spiro atoms. The number of carbonyl (C=O) groups is 2. The van der Waals surface area contributed by atoms with Crippen molar-refractivity contribution in [2.45, 2.75) is 6.04 Å². The molecule has 0 aliphatic carbocycles. The Labute approximate surface area is 136 Å². The van der Waals surface area contributed by atoms with Crippen molar-refractivity contribution in [3.05, 3.63) is 81.4 Å². The highest BCUT2D eigenvalue weighted by atomic mass is 16.6. The number of aliphatic hydroxyl groups excluding tert-OH is 1. The predicted molar refractivity (Wildman–Crippen MR) is 85.0 cm³/mol. The summed E-state index contributed by atoms with van der Waals surface area (Å²) < 4.78 is 0. The maximum absolute atomic E-state index is 12.1. The molecule has 1 aliphatic rings. The van der Waals surface area contributed by atoms with Crippen LogP contribution in [0.15, 0.2) is 60.2 Å². The number of hydrogen-bond acceptors (Lipinski definition) is 5. The maximum atomic E-state index is 12.1. The maximum Gasteiger partial charge on any atom is 0.293 e. The Balaban J connectivity index is 2.07. The van der Waals surface area contributed by atoms with Gasteiger partial charge in [-0.15, -0.1) is 0 Å². The number of amides is 1. The van der Waals surface area contributed by atoms with E-state index in [1.807, 2.05) is 0 Å². The van der Waals surface area contributed by atoms with Crippen molar-refractivity contribution in [1.82, 2.24) is 5.32 Å². The van der Waals surface area contributed by atoms with E-state index < -0.39 is 22.7 Å². The topological polar surface area (TPSA) is 110 Å². The summed E-state index contributed by atoms with van der Waals surface area (Å²) >= 11 is 0. The second-order valence-electron chi connectivity index (χ2n) is 5.21. The van der Waals surface area contributed by atoms with Gasteiger partial charge in [0.2, 0.25) is 0 Å². The molecule has 3 rings (SSSR count). The Morgan fingerprint density at radius 2 is 1.67 bits per heavy atom.